The van der Waals surface area contributed by atoms with Gasteiger partial charge in [-0.15, -0.1) is 19.7 Å². The van der Waals surface area contributed by atoms with Gasteiger partial charge < -0.3 is 22.1 Å². The van der Waals surface area contributed by atoms with Crippen molar-refractivity contribution in [3.8, 4) is 0 Å². The first kappa shape index (κ1) is 50.0. The molecule has 1 aliphatic rings. The molecule has 3 aromatic heterocycles. The standard InChI is InChI=1S/C11H15BrN2.C10H13BrN2.C5H5BrN2.C5H9Br.C4H8O.CH3F.Na.H/c1-3-4-5-9-14(2)11-8-6-7-10(12)13-11;1-2-3-4-8-12-10-7-5-6-9(11)13-10;6-4-2-1-3-5(7)8-4;1-2-3-4-5-6;1-2-4-5-3-1;1-2;;/h3,6-8H,1,4-5,9H2,2H3;2,5-7H,1,3-4,8H2,(H,12,13);1-3H,(H2,7,8);2H,1,3-5H2;1-4H2;1H3;;/q;;;;;;+1;-1/i;;;;;1D;;. The second-order valence-electron chi connectivity index (χ2n) is 9.70. The van der Waals surface area contributed by atoms with E-state index in [1.54, 1.807) is 6.07 Å². The van der Waals surface area contributed by atoms with Crippen LogP contribution in [0.5, 0.6) is 0 Å². The van der Waals surface area contributed by atoms with E-state index in [2.05, 4.69) is 116 Å². The van der Waals surface area contributed by atoms with Gasteiger partial charge in [0.2, 0.25) is 0 Å². The molecule has 1 fully saturated rings. The van der Waals surface area contributed by atoms with Gasteiger partial charge in [0.15, 0.2) is 0 Å². The Balaban J connectivity index is -0.000000274. The smallest absolute Gasteiger partial charge is 1.00 e. The van der Waals surface area contributed by atoms with Gasteiger partial charge in [0, 0.05) is 38.7 Å². The number of alkyl halides is 2. The van der Waals surface area contributed by atoms with Gasteiger partial charge in [0.05, 0.1) is 8.52 Å². The van der Waals surface area contributed by atoms with E-state index in [0.717, 1.165) is 89.2 Å². The number of unbranched alkanes of at least 4 members (excludes halogenated alkanes) is 3. The molecule has 0 bridgehead atoms. The van der Waals surface area contributed by atoms with Crippen molar-refractivity contribution in [2.24, 2.45) is 0 Å². The van der Waals surface area contributed by atoms with E-state index in [9.17, 15) is 4.39 Å². The van der Waals surface area contributed by atoms with Gasteiger partial charge in [-0.05, 0) is 136 Å². The van der Waals surface area contributed by atoms with Crippen LogP contribution in [0, 0.1) is 0 Å². The number of pyridine rings is 3. The van der Waals surface area contributed by atoms with Gasteiger partial charge >= 0.3 is 29.6 Å². The summed E-state index contributed by atoms with van der Waals surface area (Å²) < 4.78 is 23.0. The van der Waals surface area contributed by atoms with Gasteiger partial charge in [0.25, 0.3) is 0 Å². The first-order valence-electron chi connectivity index (χ1n) is 16.3. The zero-order valence-corrected chi connectivity index (χ0v) is 37.5. The largest absolute Gasteiger partial charge is 1.00 e. The summed E-state index contributed by atoms with van der Waals surface area (Å²) in [5, 5.41) is 4.33. The Morgan fingerprint density at radius 2 is 1.39 bits per heavy atom. The van der Waals surface area contributed by atoms with Crippen molar-refractivity contribution in [3.05, 3.63) is 106 Å². The van der Waals surface area contributed by atoms with Crippen LogP contribution in [0.4, 0.5) is 21.8 Å². The van der Waals surface area contributed by atoms with Crippen molar-refractivity contribution in [1.29, 1.82) is 0 Å². The minimum atomic E-state index is -1.00. The second kappa shape index (κ2) is 39.7. The third kappa shape index (κ3) is 35.1. The number of anilines is 3. The number of aromatic nitrogens is 3. The molecule has 4 heterocycles. The molecule has 0 aliphatic carbocycles. The summed E-state index contributed by atoms with van der Waals surface area (Å²) in [6, 6.07) is 17.2. The van der Waals surface area contributed by atoms with Crippen LogP contribution in [0.25, 0.3) is 0 Å². The summed E-state index contributed by atoms with van der Waals surface area (Å²) in [5.74, 6) is 2.46. The van der Waals surface area contributed by atoms with Crippen molar-refractivity contribution >= 4 is 81.2 Å². The Labute approximate surface area is 354 Å². The average molecular weight is 949 g/mol. The molecule has 0 radical (unpaired) electrons. The molecule has 4 rings (SSSR count). The molecular weight excluding hydrogens is 894 g/mol. The third-order valence-corrected chi connectivity index (χ3v) is 7.59. The minimum Gasteiger partial charge on any atom is -1.00 e. The van der Waals surface area contributed by atoms with Crippen molar-refractivity contribution in [2.75, 3.05) is 61.8 Å². The predicted octanol–water partition coefficient (Wildman–Crippen LogP) is 8.74. The molecule has 13 heteroatoms. The first-order valence-corrected chi connectivity index (χ1v) is 19.1. The monoisotopic (exact) mass is 945 g/mol. The maximum atomic E-state index is 9.96. The SMILES string of the molecule is C1CCOC1.C=CCCCBr.C=CCCCN(C)c1cccc(Br)n1.C=CCCCNc1cccc(Br)n1.Nc1cccc(Br)n1.[2H]CF.[H-].[Na+]. The molecule has 270 valence electrons. The Morgan fingerprint density at radius 1 is 0.878 bits per heavy atom. The van der Waals surface area contributed by atoms with E-state index in [4.69, 9.17) is 11.8 Å². The molecule has 3 N–H and O–H groups in total. The molecule has 0 atom stereocenters. The van der Waals surface area contributed by atoms with Crippen molar-refractivity contribution in [2.45, 2.75) is 51.4 Å². The van der Waals surface area contributed by atoms with Gasteiger partial charge in [0.1, 0.15) is 31.3 Å². The second-order valence-corrected chi connectivity index (χ2v) is 12.9. The van der Waals surface area contributed by atoms with E-state index in [1.807, 2.05) is 66.8 Å². The van der Waals surface area contributed by atoms with Crippen LogP contribution in [0.1, 0.15) is 54.2 Å². The summed E-state index contributed by atoms with van der Waals surface area (Å²) in [6.07, 6.45) is 15.0. The van der Waals surface area contributed by atoms with Crippen molar-refractivity contribution < 1.29 is 41.5 Å². The number of ether oxygens (including phenoxy) is 1. The van der Waals surface area contributed by atoms with Crippen LogP contribution in [0.2, 0.25) is 0 Å². The number of nitrogens with one attached hydrogen (secondary N) is 1. The quantitative estimate of drug-likeness (QED) is 0.0583. The fourth-order valence-corrected chi connectivity index (χ4v) is 4.68. The van der Waals surface area contributed by atoms with Gasteiger partial charge in [-0.1, -0.05) is 52.4 Å². The number of hydrogen-bond acceptors (Lipinski definition) is 7. The number of hydrogen-bond donors (Lipinski definition) is 2. The molecule has 0 aromatic carbocycles. The summed E-state index contributed by atoms with van der Waals surface area (Å²) in [5.41, 5.74) is 5.32. The maximum Gasteiger partial charge on any atom is 1.00 e. The normalized spacial score (nSPS) is 10.7. The summed E-state index contributed by atoms with van der Waals surface area (Å²) in [4.78, 5) is 14.6. The van der Waals surface area contributed by atoms with Crippen LogP contribution >= 0.6 is 63.7 Å². The molecule has 7 nitrogen and oxygen atoms in total. The molecule has 1 saturated heterocycles. The molecule has 49 heavy (non-hydrogen) atoms. The van der Waals surface area contributed by atoms with Crippen LogP contribution in [-0.4, -0.2) is 60.8 Å². The van der Waals surface area contributed by atoms with Crippen LogP contribution < -0.4 is 45.5 Å². The van der Waals surface area contributed by atoms with Gasteiger partial charge in [-0.3, -0.25) is 4.39 Å². The number of rotatable bonds is 13. The Kier molecular flexibility index (Phi) is 40.5. The number of nitrogens with two attached hydrogens (primary N) is 1. The summed E-state index contributed by atoms with van der Waals surface area (Å²) in [7, 11) is 1.05. The number of allylic oxidation sites excluding steroid dienone is 3. The van der Waals surface area contributed by atoms with E-state index in [1.165, 1.54) is 19.3 Å². The van der Waals surface area contributed by atoms with Gasteiger partial charge in [-0.25, -0.2) is 15.0 Å². The predicted molar refractivity (Wildman–Crippen MR) is 222 cm³/mol. The zero-order chi connectivity index (χ0) is 37.0. The summed E-state index contributed by atoms with van der Waals surface area (Å²) in [6.45, 7) is 14.9. The van der Waals surface area contributed by atoms with Crippen molar-refractivity contribution in [3.63, 3.8) is 0 Å². The van der Waals surface area contributed by atoms with E-state index < -0.39 is 7.15 Å². The molecule has 0 unspecified atom stereocenters. The van der Waals surface area contributed by atoms with E-state index >= 15 is 0 Å². The Morgan fingerprint density at radius 3 is 1.82 bits per heavy atom. The molecule has 0 spiro atoms. The van der Waals surface area contributed by atoms with E-state index in [0.29, 0.717) is 5.82 Å². The van der Waals surface area contributed by atoms with Gasteiger partial charge in [-0.2, -0.15) is 0 Å². The average Bonchev–Trinajstić information content (AvgIpc) is 3.68. The van der Waals surface area contributed by atoms with Crippen LogP contribution in [0.15, 0.2) is 106 Å². The molecular formula is C36H54Br4FN6NaO. The molecule has 0 amide bonds. The molecule has 3 aromatic rings. The third-order valence-electron chi connectivity index (χ3n) is 5.71. The van der Waals surface area contributed by atoms with Crippen LogP contribution in [0.3, 0.4) is 0 Å². The zero-order valence-electron chi connectivity index (χ0n) is 31.1. The van der Waals surface area contributed by atoms with E-state index in [-0.39, 0.29) is 31.0 Å². The van der Waals surface area contributed by atoms with Crippen molar-refractivity contribution in [1.82, 2.24) is 15.0 Å². The maximum absolute atomic E-state index is 9.96. The van der Waals surface area contributed by atoms with Crippen LogP contribution in [-0.2, 0) is 4.74 Å². The Bertz CT molecular complexity index is 1210. The topological polar surface area (TPSA) is 89.2 Å². The number of halogens is 5. The fraction of sp³-hybridized carbons (Fsp3) is 0.417. The molecule has 0 saturated carbocycles. The minimum absolute atomic E-state index is 0. The fourth-order valence-electron chi connectivity index (χ4n) is 3.32. The number of nitrogens with zero attached hydrogens (tertiary/aromatic N) is 4. The number of nitrogen functional groups attached to an aromatic ring is 1. The first-order chi connectivity index (χ1) is 23.7. The summed E-state index contributed by atoms with van der Waals surface area (Å²) >= 11 is 13.1. The Hall–Kier alpha value is -1.12. The molecule has 1 aliphatic heterocycles.